The molecule has 0 aliphatic heterocycles. The lowest BCUT2D eigenvalue weighted by Crippen LogP contribution is -2.26. The fourth-order valence-corrected chi connectivity index (χ4v) is 4.05. The topological polar surface area (TPSA) is 79.0 Å². The Labute approximate surface area is 147 Å². The Kier molecular flexibility index (Phi) is 5.20. The van der Waals surface area contributed by atoms with E-state index in [-0.39, 0.29) is 12.1 Å². The molecule has 0 saturated heterocycles. The molecule has 2 atom stereocenters. The summed E-state index contributed by atoms with van der Waals surface area (Å²) < 4.78 is 8.15. The average molecular weight is 346 g/mol. The van der Waals surface area contributed by atoms with Gasteiger partial charge in [0.2, 0.25) is 0 Å². The Balaban J connectivity index is 1.53. The first-order valence-electron chi connectivity index (χ1n) is 8.96. The van der Waals surface area contributed by atoms with Crippen molar-refractivity contribution in [1.29, 1.82) is 0 Å². The molecule has 0 radical (unpaired) electrons. The van der Waals surface area contributed by atoms with Crippen LogP contribution in [0.3, 0.4) is 0 Å². The Bertz CT molecular complexity index is 800. The molecule has 7 heteroatoms. The minimum Gasteiger partial charge on any atom is -0.464 e. The number of aryl methyl sites for hydroxylation is 1. The van der Waals surface area contributed by atoms with Crippen molar-refractivity contribution >= 4 is 17.0 Å². The van der Waals surface area contributed by atoms with Crippen molar-refractivity contribution in [2.24, 2.45) is 24.8 Å². The Morgan fingerprint density at radius 2 is 2.00 bits per heavy atom. The van der Waals surface area contributed by atoms with Crippen LogP contribution in [0.2, 0.25) is 0 Å². The van der Waals surface area contributed by atoms with Gasteiger partial charge < -0.3 is 4.74 Å². The van der Waals surface area contributed by atoms with E-state index in [0.29, 0.717) is 23.6 Å². The molecule has 2 heterocycles. The predicted octanol–water partition coefficient (Wildman–Crippen LogP) is 2.14. The molecule has 1 aliphatic rings. The van der Waals surface area contributed by atoms with E-state index < -0.39 is 5.97 Å². The van der Waals surface area contributed by atoms with E-state index in [4.69, 9.17) is 4.74 Å². The van der Waals surface area contributed by atoms with Crippen LogP contribution < -0.4 is 5.56 Å². The second-order valence-electron chi connectivity index (χ2n) is 7.48. The summed E-state index contributed by atoms with van der Waals surface area (Å²) in [6, 6.07) is 0. The van der Waals surface area contributed by atoms with E-state index in [1.54, 1.807) is 7.05 Å². The first-order valence-corrected chi connectivity index (χ1v) is 8.96. The zero-order chi connectivity index (χ0) is 18.0. The molecular formula is C18H26N4O3. The van der Waals surface area contributed by atoms with Gasteiger partial charge in [-0.15, -0.1) is 0 Å². The molecule has 0 spiro atoms. The highest BCUT2D eigenvalue weighted by Gasteiger charge is 2.24. The molecule has 0 N–H and O–H groups in total. The first-order chi connectivity index (χ1) is 11.9. The number of fused-ring (bicyclic) bond motifs is 1. The third kappa shape index (κ3) is 4.08. The summed E-state index contributed by atoms with van der Waals surface area (Å²) in [4.78, 5) is 28.6. The van der Waals surface area contributed by atoms with E-state index in [0.717, 1.165) is 18.3 Å². The lowest BCUT2D eigenvalue weighted by molar-refractivity contribution is -0.144. The molecule has 3 rings (SSSR count). The molecule has 0 aromatic carbocycles. The number of carbonyl (C=O) groups is 1. The van der Waals surface area contributed by atoms with Crippen molar-refractivity contribution in [2.75, 3.05) is 6.61 Å². The number of hydrogen-bond donors (Lipinski definition) is 0. The summed E-state index contributed by atoms with van der Waals surface area (Å²) in [6.07, 6.45) is 7.46. The van der Waals surface area contributed by atoms with Gasteiger partial charge in [0, 0.05) is 7.05 Å². The second kappa shape index (κ2) is 7.37. The highest BCUT2D eigenvalue weighted by Crippen LogP contribution is 2.34. The minimum atomic E-state index is -0.399. The van der Waals surface area contributed by atoms with Crippen LogP contribution in [0.25, 0.3) is 11.0 Å². The van der Waals surface area contributed by atoms with Crippen molar-refractivity contribution in [3.05, 3.63) is 22.9 Å². The number of ether oxygens (including phenoxy) is 1. The Morgan fingerprint density at radius 3 is 2.72 bits per heavy atom. The van der Waals surface area contributed by atoms with Crippen molar-refractivity contribution in [1.82, 2.24) is 19.3 Å². The van der Waals surface area contributed by atoms with Gasteiger partial charge in [0.25, 0.3) is 5.56 Å². The molecule has 1 fully saturated rings. The lowest BCUT2D eigenvalue weighted by Gasteiger charge is -2.31. The third-order valence-electron chi connectivity index (χ3n) is 5.08. The first kappa shape index (κ1) is 17.6. The van der Waals surface area contributed by atoms with Gasteiger partial charge in [-0.05, 0) is 43.4 Å². The predicted molar refractivity (Wildman–Crippen MR) is 94.0 cm³/mol. The number of hydrogen-bond acceptors (Lipinski definition) is 5. The number of rotatable bonds is 5. The zero-order valence-corrected chi connectivity index (χ0v) is 15.1. The fraction of sp³-hybridized carbons (Fsp3) is 0.667. The molecule has 0 amide bonds. The maximum absolute atomic E-state index is 12.3. The maximum Gasteiger partial charge on any atom is 0.326 e. The van der Waals surface area contributed by atoms with Crippen LogP contribution in [-0.2, 0) is 23.1 Å². The summed E-state index contributed by atoms with van der Waals surface area (Å²) in [5.74, 6) is 1.73. The van der Waals surface area contributed by atoms with Crippen LogP contribution >= 0.6 is 0 Å². The van der Waals surface area contributed by atoms with Gasteiger partial charge in [0.1, 0.15) is 18.3 Å². The average Bonchev–Trinajstić information content (AvgIpc) is 2.91. The van der Waals surface area contributed by atoms with E-state index in [2.05, 4.69) is 23.9 Å². The van der Waals surface area contributed by atoms with Crippen LogP contribution in [0.15, 0.2) is 17.3 Å². The summed E-state index contributed by atoms with van der Waals surface area (Å²) in [7, 11) is 1.72. The summed E-state index contributed by atoms with van der Waals surface area (Å²) in [6.45, 7) is 4.89. The molecule has 0 bridgehead atoms. The van der Waals surface area contributed by atoms with Crippen molar-refractivity contribution in [2.45, 2.75) is 46.1 Å². The van der Waals surface area contributed by atoms with Crippen molar-refractivity contribution < 1.29 is 9.53 Å². The largest absolute Gasteiger partial charge is 0.464 e. The minimum absolute atomic E-state index is 0.117. The van der Waals surface area contributed by atoms with Gasteiger partial charge in [-0.1, -0.05) is 13.8 Å². The Morgan fingerprint density at radius 1 is 1.28 bits per heavy atom. The normalized spacial score (nSPS) is 23.7. The highest BCUT2D eigenvalue weighted by atomic mass is 16.5. The van der Waals surface area contributed by atoms with Crippen LogP contribution in [0, 0.1) is 17.8 Å². The number of carbonyl (C=O) groups excluding carboxylic acids is 1. The Hall–Kier alpha value is -2.18. The molecule has 2 aromatic rings. The molecule has 7 nitrogen and oxygen atoms in total. The molecular weight excluding hydrogens is 320 g/mol. The molecule has 136 valence electrons. The second-order valence-corrected chi connectivity index (χ2v) is 7.48. The number of esters is 1. The van der Waals surface area contributed by atoms with E-state index in [9.17, 15) is 9.59 Å². The standard InChI is InChI=1S/C18H26N4O3/c1-12-6-13(2)8-14(7-12)4-5-25-16(23)10-22-11-19-17-15(18(22)24)9-20-21(17)3/h9,11-14H,4-8,10H2,1-3H3/t12-,13-/m0/s1. The zero-order valence-electron chi connectivity index (χ0n) is 15.1. The van der Waals surface area contributed by atoms with Gasteiger partial charge in [-0.25, -0.2) is 4.98 Å². The smallest absolute Gasteiger partial charge is 0.326 e. The third-order valence-corrected chi connectivity index (χ3v) is 5.08. The summed E-state index contributed by atoms with van der Waals surface area (Å²) in [5, 5.41) is 4.42. The SMILES string of the molecule is C[C@@H]1CC(CCOC(=O)Cn2cnc3c(cnn3C)c2=O)C[C@@H](C)C1. The lowest BCUT2D eigenvalue weighted by atomic mass is 9.75. The van der Waals surface area contributed by atoms with Crippen LogP contribution in [0.1, 0.15) is 39.5 Å². The van der Waals surface area contributed by atoms with Gasteiger partial charge in [-0.2, -0.15) is 5.10 Å². The molecule has 1 saturated carbocycles. The molecule has 25 heavy (non-hydrogen) atoms. The van der Waals surface area contributed by atoms with E-state index >= 15 is 0 Å². The quantitative estimate of drug-likeness (QED) is 0.775. The molecule has 0 unspecified atom stereocenters. The van der Waals surface area contributed by atoms with Gasteiger partial charge in [0.15, 0.2) is 5.65 Å². The maximum atomic E-state index is 12.3. The van der Waals surface area contributed by atoms with Gasteiger partial charge in [0.05, 0.1) is 12.8 Å². The van der Waals surface area contributed by atoms with Crippen molar-refractivity contribution in [3.63, 3.8) is 0 Å². The van der Waals surface area contributed by atoms with Gasteiger partial charge >= 0.3 is 5.97 Å². The molecule has 1 aliphatic carbocycles. The summed E-state index contributed by atoms with van der Waals surface area (Å²) >= 11 is 0. The fourth-order valence-electron chi connectivity index (χ4n) is 4.05. The number of nitrogens with zero attached hydrogens (tertiary/aromatic N) is 4. The summed E-state index contributed by atoms with van der Waals surface area (Å²) in [5.41, 5.74) is 0.236. The monoisotopic (exact) mass is 346 g/mol. The van der Waals surface area contributed by atoms with E-state index in [1.807, 2.05) is 0 Å². The van der Waals surface area contributed by atoms with Crippen LogP contribution in [0.5, 0.6) is 0 Å². The van der Waals surface area contributed by atoms with E-state index in [1.165, 1.54) is 41.0 Å². The van der Waals surface area contributed by atoms with Gasteiger partial charge in [-0.3, -0.25) is 18.8 Å². The van der Waals surface area contributed by atoms with Crippen LogP contribution in [0.4, 0.5) is 0 Å². The van der Waals surface area contributed by atoms with Crippen molar-refractivity contribution in [3.8, 4) is 0 Å². The molecule has 2 aromatic heterocycles. The number of aromatic nitrogens is 4. The van der Waals surface area contributed by atoms with Crippen LogP contribution in [-0.4, -0.2) is 31.9 Å². The highest BCUT2D eigenvalue weighted by molar-refractivity contribution is 5.74.